The third-order valence-corrected chi connectivity index (χ3v) is 3.52. The summed E-state index contributed by atoms with van der Waals surface area (Å²) in [5, 5.41) is 12.0. The van der Waals surface area contributed by atoms with Gasteiger partial charge in [0.15, 0.2) is 0 Å². The van der Waals surface area contributed by atoms with Crippen molar-refractivity contribution in [3.63, 3.8) is 0 Å². The number of hydrogen-bond donors (Lipinski definition) is 2. The van der Waals surface area contributed by atoms with Crippen LogP contribution in [0.5, 0.6) is 5.75 Å². The second kappa shape index (κ2) is 9.19. The van der Waals surface area contributed by atoms with E-state index in [0.717, 1.165) is 0 Å². The van der Waals surface area contributed by atoms with E-state index in [-0.39, 0.29) is 18.1 Å². The molecule has 2 aromatic carbocycles. The number of benzene rings is 2. The van der Waals surface area contributed by atoms with Crippen molar-refractivity contribution in [2.45, 2.75) is 6.92 Å². The van der Waals surface area contributed by atoms with Crippen LogP contribution in [0.1, 0.15) is 22.8 Å². The minimum Gasteiger partial charge on any atom is -0.489 e. The molecule has 0 bridgehead atoms. The van der Waals surface area contributed by atoms with Gasteiger partial charge >= 0.3 is 11.9 Å². The second-order valence-electron chi connectivity index (χ2n) is 5.58. The predicted molar refractivity (Wildman–Crippen MR) is 99.6 cm³/mol. The van der Waals surface area contributed by atoms with E-state index >= 15 is 0 Å². The van der Waals surface area contributed by atoms with Crippen molar-refractivity contribution in [3.05, 3.63) is 65.2 Å². The fourth-order valence-electron chi connectivity index (χ4n) is 2.20. The van der Waals surface area contributed by atoms with Gasteiger partial charge in [0.05, 0.1) is 18.2 Å². The standard InChI is InChI=1S/C20H19NO6/c1-13(22)21-17-7-9-18(10-8-17)27-12-16(19(23)24)11-14-3-5-15(6-4-14)20(25)26-2/h3-11H,12H2,1-2H3,(H,21,22)(H,23,24)/b16-11-. The van der Waals surface area contributed by atoms with E-state index in [9.17, 15) is 19.5 Å². The molecule has 0 unspecified atom stereocenters. The topological polar surface area (TPSA) is 102 Å². The molecule has 0 aliphatic carbocycles. The number of esters is 1. The highest BCUT2D eigenvalue weighted by Gasteiger charge is 2.10. The molecule has 0 aliphatic heterocycles. The molecule has 7 heteroatoms. The number of amides is 1. The highest BCUT2D eigenvalue weighted by Crippen LogP contribution is 2.17. The van der Waals surface area contributed by atoms with Crippen LogP contribution in [-0.2, 0) is 14.3 Å². The highest BCUT2D eigenvalue weighted by molar-refractivity contribution is 5.93. The van der Waals surface area contributed by atoms with Gasteiger partial charge in [-0.25, -0.2) is 9.59 Å². The zero-order valence-corrected chi connectivity index (χ0v) is 14.9. The summed E-state index contributed by atoms with van der Waals surface area (Å²) in [4.78, 5) is 33.9. The Morgan fingerprint density at radius 2 is 1.67 bits per heavy atom. The molecule has 0 saturated carbocycles. The van der Waals surface area contributed by atoms with Crippen molar-refractivity contribution >= 4 is 29.6 Å². The van der Waals surface area contributed by atoms with Gasteiger partial charge in [-0.3, -0.25) is 4.79 Å². The summed E-state index contributed by atoms with van der Waals surface area (Å²) in [6, 6.07) is 12.9. The van der Waals surface area contributed by atoms with Crippen molar-refractivity contribution in [1.29, 1.82) is 0 Å². The number of nitrogens with one attached hydrogen (secondary N) is 1. The Bertz CT molecular complexity index is 853. The Morgan fingerprint density at radius 3 is 2.19 bits per heavy atom. The molecule has 27 heavy (non-hydrogen) atoms. The number of carboxylic acid groups (broad SMARTS) is 1. The van der Waals surface area contributed by atoms with Crippen LogP contribution >= 0.6 is 0 Å². The minimum atomic E-state index is -1.11. The van der Waals surface area contributed by atoms with Gasteiger partial charge in [0.1, 0.15) is 12.4 Å². The van der Waals surface area contributed by atoms with Crippen LogP contribution < -0.4 is 10.1 Å². The van der Waals surface area contributed by atoms with Crippen molar-refractivity contribution in [2.75, 3.05) is 19.0 Å². The number of carbonyl (C=O) groups is 3. The molecule has 1 amide bonds. The Labute approximate surface area is 156 Å². The molecular weight excluding hydrogens is 350 g/mol. The van der Waals surface area contributed by atoms with Crippen LogP contribution in [0.4, 0.5) is 5.69 Å². The number of hydrogen-bond acceptors (Lipinski definition) is 5. The average Bonchev–Trinajstić information content (AvgIpc) is 2.65. The normalized spacial score (nSPS) is 10.8. The summed E-state index contributed by atoms with van der Waals surface area (Å²) >= 11 is 0. The van der Waals surface area contributed by atoms with Gasteiger partial charge in [-0.05, 0) is 48.0 Å². The highest BCUT2D eigenvalue weighted by atomic mass is 16.5. The van der Waals surface area contributed by atoms with Gasteiger partial charge < -0.3 is 19.9 Å². The Hall–Kier alpha value is -3.61. The van der Waals surface area contributed by atoms with E-state index in [2.05, 4.69) is 10.1 Å². The van der Waals surface area contributed by atoms with Crippen LogP contribution in [0, 0.1) is 0 Å². The first-order valence-corrected chi connectivity index (χ1v) is 8.01. The average molecular weight is 369 g/mol. The third-order valence-electron chi connectivity index (χ3n) is 3.52. The zero-order chi connectivity index (χ0) is 19.8. The first kappa shape index (κ1) is 19.7. The number of ether oxygens (including phenoxy) is 2. The van der Waals surface area contributed by atoms with Crippen LogP contribution in [-0.4, -0.2) is 36.7 Å². The first-order chi connectivity index (χ1) is 12.9. The second-order valence-corrected chi connectivity index (χ2v) is 5.58. The van der Waals surface area contributed by atoms with Crippen LogP contribution in [0.3, 0.4) is 0 Å². The lowest BCUT2D eigenvalue weighted by Gasteiger charge is -2.08. The summed E-state index contributed by atoms with van der Waals surface area (Å²) in [6.07, 6.45) is 1.47. The Morgan fingerprint density at radius 1 is 1.04 bits per heavy atom. The van der Waals surface area contributed by atoms with Crippen molar-refractivity contribution in [3.8, 4) is 5.75 Å². The van der Waals surface area contributed by atoms with Gasteiger partial charge in [-0.15, -0.1) is 0 Å². The maximum absolute atomic E-state index is 11.5. The lowest BCUT2D eigenvalue weighted by Crippen LogP contribution is -2.10. The monoisotopic (exact) mass is 369 g/mol. The largest absolute Gasteiger partial charge is 0.489 e. The van der Waals surface area contributed by atoms with Gasteiger partial charge in [0.2, 0.25) is 5.91 Å². The summed E-state index contributed by atoms with van der Waals surface area (Å²) < 4.78 is 10.1. The Balaban J connectivity index is 2.06. The lowest BCUT2D eigenvalue weighted by molar-refractivity contribution is -0.132. The first-order valence-electron chi connectivity index (χ1n) is 8.01. The molecule has 0 heterocycles. The predicted octanol–water partition coefficient (Wildman–Crippen LogP) is 2.98. The van der Waals surface area contributed by atoms with E-state index in [1.54, 1.807) is 48.5 Å². The molecule has 2 rings (SSSR count). The number of anilines is 1. The fourth-order valence-corrected chi connectivity index (χ4v) is 2.20. The van der Waals surface area contributed by atoms with E-state index in [1.807, 2.05) is 0 Å². The van der Waals surface area contributed by atoms with E-state index in [1.165, 1.54) is 20.1 Å². The molecule has 0 fully saturated rings. The number of carboxylic acids is 1. The molecule has 2 aromatic rings. The summed E-state index contributed by atoms with van der Waals surface area (Å²) in [7, 11) is 1.29. The molecule has 0 spiro atoms. The smallest absolute Gasteiger partial charge is 0.337 e. The summed E-state index contributed by atoms with van der Waals surface area (Å²) in [6.45, 7) is 1.26. The molecule has 7 nitrogen and oxygen atoms in total. The molecule has 0 aromatic heterocycles. The van der Waals surface area contributed by atoms with Crippen LogP contribution in [0.2, 0.25) is 0 Å². The van der Waals surface area contributed by atoms with E-state index < -0.39 is 11.9 Å². The summed E-state index contributed by atoms with van der Waals surface area (Å²) in [5.74, 6) is -1.28. The SMILES string of the molecule is COC(=O)c1ccc(/C=C(/COc2ccc(NC(C)=O)cc2)C(=O)O)cc1. The van der Waals surface area contributed by atoms with E-state index in [4.69, 9.17) is 4.74 Å². The Kier molecular flexibility index (Phi) is 6.71. The third kappa shape index (κ3) is 6.00. The maximum atomic E-state index is 11.5. The van der Waals surface area contributed by atoms with E-state index in [0.29, 0.717) is 22.6 Å². The molecule has 0 radical (unpaired) electrons. The zero-order valence-electron chi connectivity index (χ0n) is 14.9. The van der Waals surface area contributed by atoms with Gasteiger partial charge in [-0.2, -0.15) is 0 Å². The molecule has 0 saturated heterocycles. The number of methoxy groups -OCH3 is 1. The minimum absolute atomic E-state index is 0.0479. The van der Waals surface area contributed by atoms with Crippen molar-refractivity contribution in [1.82, 2.24) is 0 Å². The summed E-state index contributed by atoms with van der Waals surface area (Å²) in [5.41, 5.74) is 1.66. The van der Waals surface area contributed by atoms with Gasteiger partial charge in [0, 0.05) is 12.6 Å². The quantitative estimate of drug-likeness (QED) is 0.575. The molecule has 0 aliphatic rings. The number of carbonyl (C=O) groups excluding carboxylic acids is 2. The molecular formula is C20H19NO6. The number of aliphatic carboxylic acids is 1. The van der Waals surface area contributed by atoms with Crippen LogP contribution in [0.15, 0.2) is 54.1 Å². The number of rotatable bonds is 7. The van der Waals surface area contributed by atoms with Crippen molar-refractivity contribution in [2.24, 2.45) is 0 Å². The molecule has 2 N–H and O–H groups in total. The molecule has 140 valence electrons. The van der Waals surface area contributed by atoms with Crippen LogP contribution in [0.25, 0.3) is 6.08 Å². The fraction of sp³-hybridized carbons (Fsp3) is 0.150. The van der Waals surface area contributed by atoms with Gasteiger partial charge in [0.25, 0.3) is 0 Å². The lowest BCUT2D eigenvalue weighted by atomic mass is 10.1. The maximum Gasteiger partial charge on any atom is 0.337 e. The molecule has 0 atom stereocenters. The van der Waals surface area contributed by atoms with Gasteiger partial charge in [-0.1, -0.05) is 12.1 Å². The van der Waals surface area contributed by atoms with Crippen molar-refractivity contribution < 1.29 is 29.0 Å².